The van der Waals surface area contributed by atoms with Crippen LogP contribution in [0.3, 0.4) is 0 Å². The number of hydrogen-bond acceptors (Lipinski definition) is 4. The monoisotopic (exact) mass is 345 g/mol. The lowest BCUT2D eigenvalue weighted by molar-refractivity contribution is 0.0694. The van der Waals surface area contributed by atoms with E-state index in [1.807, 2.05) is 0 Å². The molecule has 9 heteroatoms. The highest BCUT2D eigenvalue weighted by Crippen LogP contribution is 2.32. The quantitative estimate of drug-likeness (QED) is 0.740. The number of halogens is 2. The molecule has 0 aliphatic rings. The van der Waals surface area contributed by atoms with Gasteiger partial charge in [0.15, 0.2) is 0 Å². The maximum atomic E-state index is 13.2. The van der Waals surface area contributed by atoms with Gasteiger partial charge in [-0.15, -0.1) is 0 Å². The van der Waals surface area contributed by atoms with E-state index >= 15 is 0 Å². The van der Waals surface area contributed by atoms with E-state index in [9.17, 15) is 22.7 Å². The molecule has 0 heterocycles. The Morgan fingerprint density at radius 1 is 1.14 bits per heavy atom. The van der Waals surface area contributed by atoms with Crippen molar-refractivity contribution in [3.8, 4) is 5.75 Å². The van der Waals surface area contributed by atoms with E-state index in [1.165, 1.54) is 12.1 Å². The minimum absolute atomic E-state index is 0.0127. The highest BCUT2D eigenvalue weighted by molar-refractivity contribution is 7.74. The predicted octanol–water partition coefficient (Wildman–Crippen LogP) is 2.55. The summed E-state index contributed by atoms with van der Waals surface area (Å²) in [5, 5.41) is 18.2. The number of benzene rings is 2. The summed E-state index contributed by atoms with van der Waals surface area (Å²) in [6.07, 6.45) is 0. The van der Waals surface area contributed by atoms with Crippen LogP contribution in [0.1, 0.15) is 10.4 Å². The zero-order chi connectivity index (χ0) is 16.4. The molecule has 0 fully saturated rings. The van der Waals surface area contributed by atoms with E-state index in [-0.39, 0.29) is 22.0 Å². The number of carboxylic acids is 1. The van der Waals surface area contributed by atoms with Gasteiger partial charge in [0.25, 0.3) is 0 Å². The summed E-state index contributed by atoms with van der Waals surface area (Å²) in [5.41, 5.74) is -0.340. The second-order valence-corrected chi connectivity index (χ2v) is 5.44. The number of aromatic carboxylic acids is 1. The molecular formula is C13H9ClFNO5S. The standard InChI is InChI=1S/C13H9ClFNO5S/c14-10-5-7(2-4-11(10)15)16(22(20)21)8-1-3-9(13(18)19)12(17)6-8/h1-6,17,22H,(H,18,19). The van der Waals surface area contributed by atoms with Crippen LogP contribution in [0.2, 0.25) is 5.02 Å². The van der Waals surface area contributed by atoms with E-state index in [1.54, 1.807) is 0 Å². The lowest BCUT2D eigenvalue weighted by atomic mass is 10.1. The molecule has 0 aliphatic carbocycles. The lowest BCUT2D eigenvalue weighted by Gasteiger charge is -2.18. The predicted molar refractivity (Wildman–Crippen MR) is 78.9 cm³/mol. The van der Waals surface area contributed by atoms with Crippen LogP contribution in [0.15, 0.2) is 36.4 Å². The number of nitrogens with zero attached hydrogens (tertiary/aromatic N) is 1. The highest BCUT2D eigenvalue weighted by Gasteiger charge is 2.17. The number of phenols is 1. The third-order valence-electron chi connectivity index (χ3n) is 2.77. The summed E-state index contributed by atoms with van der Waals surface area (Å²) in [6, 6.07) is 6.52. The van der Waals surface area contributed by atoms with Gasteiger partial charge < -0.3 is 10.2 Å². The summed E-state index contributed by atoms with van der Waals surface area (Å²) in [5.74, 6) is -2.66. The number of carbonyl (C=O) groups is 1. The fourth-order valence-corrected chi connectivity index (χ4v) is 2.59. The van der Waals surface area contributed by atoms with Gasteiger partial charge in [-0.05, 0) is 30.3 Å². The van der Waals surface area contributed by atoms with Crippen LogP contribution in [-0.2, 0) is 10.9 Å². The fraction of sp³-hybridized carbons (Fsp3) is 0. The molecule has 0 unspecified atom stereocenters. The molecule has 0 saturated heterocycles. The van der Waals surface area contributed by atoms with E-state index in [2.05, 4.69) is 0 Å². The van der Waals surface area contributed by atoms with Crippen molar-refractivity contribution in [1.82, 2.24) is 0 Å². The minimum Gasteiger partial charge on any atom is -0.507 e. The molecular weight excluding hydrogens is 337 g/mol. The Morgan fingerprint density at radius 2 is 1.73 bits per heavy atom. The van der Waals surface area contributed by atoms with Gasteiger partial charge in [-0.25, -0.2) is 21.9 Å². The van der Waals surface area contributed by atoms with Gasteiger partial charge in [-0.1, -0.05) is 11.6 Å². The van der Waals surface area contributed by atoms with E-state index in [0.717, 1.165) is 28.6 Å². The van der Waals surface area contributed by atoms with Crippen molar-refractivity contribution in [2.24, 2.45) is 0 Å². The smallest absolute Gasteiger partial charge is 0.339 e. The van der Waals surface area contributed by atoms with Gasteiger partial charge in [0.2, 0.25) is 10.9 Å². The first-order valence-electron chi connectivity index (χ1n) is 5.77. The average molecular weight is 346 g/mol. The van der Waals surface area contributed by atoms with Crippen LogP contribution < -0.4 is 4.31 Å². The van der Waals surface area contributed by atoms with Crippen molar-refractivity contribution in [2.75, 3.05) is 4.31 Å². The molecule has 0 atom stereocenters. The van der Waals surface area contributed by atoms with Crippen LogP contribution in [0.4, 0.5) is 15.8 Å². The molecule has 0 spiro atoms. The van der Waals surface area contributed by atoms with Gasteiger partial charge in [0, 0.05) is 6.07 Å². The first-order chi connectivity index (χ1) is 10.3. The third kappa shape index (κ3) is 3.12. The Hall–Kier alpha value is -2.32. The van der Waals surface area contributed by atoms with Crippen LogP contribution >= 0.6 is 11.6 Å². The molecule has 0 amide bonds. The summed E-state index contributed by atoms with van der Waals surface area (Å²) in [7, 11) is -3.18. The van der Waals surface area contributed by atoms with Gasteiger partial charge in [-0.3, -0.25) is 0 Å². The normalized spacial score (nSPS) is 10.7. The molecule has 0 bridgehead atoms. The van der Waals surface area contributed by atoms with Crippen LogP contribution in [0.5, 0.6) is 5.75 Å². The second kappa shape index (κ2) is 6.20. The molecule has 2 N–H and O–H groups in total. The zero-order valence-corrected chi connectivity index (χ0v) is 12.4. The fourth-order valence-electron chi connectivity index (χ4n) is 1.79. The number of carboxylic acid groups (broad SMARTS) is 1. The summed E-state index contributed by atoms with van der Waals surface area (Å²) in [4.78, 5) is 10.8. The summed E-state index contributed by atoms with van der Waals surface area (Å²) >= 11 is 5.62. The van der Waals surface area contributed by atoms with E-state index in [0.29, 0.717) is 0 Å². The molecule has 2 aromatic rings. The Labute approximate surface area is 131 Å². The average Bonchev–Trinajstić information content (AvgIpc) is 2.42. The molecule has 0 radical (unpaired) electrons. The summed E-state index contributed by atoms with van der Waals surface area (Å²) < 4.78 is 36.8. The van der Waals surface area contributed by atoms with Crippen molar-refractivity contribution in [2.45, 2.75) is 0 Å². The van der Waals surface area contributed by atoms with Gasteiger partial charge >= 0.3 is 5.97 Å². The second-order valence-electron chi connectivity index (χ2n) is 4.15. The van der Waals surface area contributed by atoms with Crippen molar-refractivity contribution in [3.05, 3.63) is 52.8 Å². The van der Waals surface area contributed by atoms with E-state index in [4.69, 9.17) is 16.7 Å². The van der Waals surface area contributed by atoms with E-state index < -0.39 is 28.4 Å². The third-order valence-corrected chi connectivity index (χ3v) is 3.85. The maximum absolute atomic E-state index is 13.2. The lowest BCUT2D eigenvalue weighted by Crippen LogP contribution is -2.14. The van der Waals surface area contributed by atoms with Crippen LogP contribution in [-0.4, -0.2) is 24.6 Å². The molecule has 0 aromatic heterocycles. The molecule has 0 aliphatic heterocycles. The first kappa shape index (κ1) is 16.1. The molecule has 22 heavy (non-hydrogen) atoms. The number of anilines is 2. The van der Waals surface area contributed by atoms with Gasteiger partial charge in [-0.2, -0.15) is 0 Å². The van der Waals surface area contributed by atoms with Crippen LogP contribution in [0, 0.1) is 5.82 Å². The molecule has 2 aromatic carbocycles. The zero-order valence-electron chi connectivity index (χ0n) is 10.7. The Balaban J connectivity index is 2.55. The highest BCUT2D eigenvalue weighted by atomic mass is 35.5. The van der Waals surface area contributed by atoms with Crippen molar-refractivity contribution >= 4 is 39.8 Å². The van der Waals surface area contributed by atoms with Crippen molar-refractivity contribution < 1.29 is 27.8 Å². The Kier molecular flexibility index (Phi) is 4.53. The summed E-state index contributed by atoms with van der Waals surface area (Å²) in [6.45, 7) is 0. The number of aromatic hydroxyl groups is 1. The maximum Gasteiger partial charge on any atom is 0.339 e. The first-order valence-corrected chi connectivity index (χ1v) is 7.28. The topological polar surface area (TPSA) is 94.9 Å². The Bertz CT molecular complexity index is 816. The number of hydrogen-bond donors (Lipinski definition) is 3. The molecule has 116 valence electrons. The van der Waals surface area contributed by atoms with Crippen LogP contribution in [0.25, 0.3) is 0 Å². The van der Waals surface area contributed by atoms with Gasteiger partial charge in [0.05, 0.1) is 16.4 Å². The number of rotatable bonds is 4. The SMILES string of the molecule is O=C(O)c1ccc(N(c2ccc(F)c(Cl)c2)[SH](=O)=O)cc1O. The molecule has 2 rings (SSSR count). The van der Waals surface area contributed by atoms with Gasteiger partial charge in [0.1, 0.15) is 17.1 Å². The Morgan fingerprint density at radius 3 is 2.23 bits per heavy atom. The molecule has 6 nitrogen and oxygen atoms in total. The largest absolute Gasteiger partial charge is 0.507 e. The number of thiol groups is 1. The van der Waals surface area contributed by atoms with Crippen molar-refractivity contribution in [3.63, 3.8) is 0 Å². The minimum atomic E-state index is -3.18. The van der Waals surface area contributed by atoms with Crippen molar-refractivity contribution in [1.29, 1.82) is 0 Å². The molecule has 0 saturated carbocycles.